The minimum absolute atomic E-state index is 0. The maximum atomic E-state index is 2.27. The van der Waals surface area contributed by atoms with Crippen molar-refractivity contribution in [2.45, 2.75) is 125 Å². The lowest BCUT2D eigenvalue weighted by atomic mass is 9.99. The monoisotopic (exact) mass is 426 g/mol. The molecule has 0 aromatic rings. The first-order valence-corrected chi connectivity index (χ1v) is 14.0. The van der Waals surface area contributed by atoms with Crippen LogP contribution < -0.4 is 0 Å². The number of allylic oxidation sites excluding steroid dienone is 4. The first-order valence-electron chi connectivity index (χ1n) is 11.7. The molecule has 0 saturated carbocycles. The minimum atomic E-state index is 0. The van der Waals surface area contributed by atoms with Crippen LogP contribution in [0.25, 0.3) is 0 Å². The van der Waals surface area contributed by atoms with Crippen LogP contribution in [0.1, 0.15) is 103 Å². The summed E-state index contributed by atoms with van der Waals surface area (Å²) < 4.78 is 0. The smallest absolute Gasteiger partial charge is 0.0234 e. The molecule has 156 valence electrons. The molecule has 4 fully saturated rings. The van der Waals surface area contributed by atoms with Crippen LogP contribution in [0.3, 0.4) is 0 Å². The van der Waals surface area contributed by atoms with Gasteiger partial charge in [-0.2, -0.15) is 9.90 Å². The lowest BCUT2D eigenvalue weighted by Gasteiger charge is -2.34. The zero-order valence-electron chi connectivity index (χ0n) is 17.6. The van der Waals surface area contributed by atoms with E-state index in [1.54, 1.807) is 64.2 Å². The van der Waals surface area contributed by atoms with Crippen LogP contribution in [-0.2, 0) is 0 Å². The SMILES string of the molecule is C1=CCC/C=C\CC1.C1CC2CCCC(C1)P2.C1CCC2CCC(C1)P2.P. The van der Waals surface area contributed by atoms with Gasteiger partial charge >= 0.3 is 0 Å². The van der Waals surface area contributed by atoms with E-state index in [1.165, 1.54) is 78.3 Å². The van der Waals surface area contributed by atoms with Crippen molar-refractivity contribution in [3.63, 3.8) is 0 Å². The molecule has 4 heterocycles. The summed E-state index contributed by atoms with van der Waals surface area (Å²) in [5, 5.41) is 0. The maximum absolute atomic E-state index is 2.27. The summed E-state index contributed by atoms with van der Waals surface area (Å²) in [5.41, 5.74) is 4.71. The molecule has 4 aliphatic heterocycles. The normalized spacial score (nSPS) is 37.3. The van der Waals surface area contributed by atoms with Crippen LogP contribution in [-0.4, -0.2) is 22.6 Å². The Morgan fingerprint density at radius 1 is 0.407 bits per heavy atom. The number of hydrogen-bond acceptors (Lipinski definition) is 0. The van der Waals surface area contributed by atoms with Crippen molar-refractivity contribution in [3.05, 3.63) is 24.3 Å². The topological polar surface area (TPSA) is 0 Å². The Labute approximate surface area is 176 Å². The third kappa shape index (κ3) is 9.88. The van der Waals surface area contributed by atoms with Crippen LogP contribution in [0.2, 0.25) is 0 Å². The van der Waals surface area contributed by atoms with Crippen LogP contribution >= 0.6 is 27.1 Å². The van der Waals surface area contributed by atoms with Crippen LogP contribution in [0, 0.1) is 0 Å². The van der Waals surface area contributed by atoms with Crippen molar-refractivity contribution in [3.8, 4) is 0 Å². The van der Waals surface area contributed by atoms with E-state index in [0.29, 0.717) is 0 Å². The highest BCUT2D eigenvalue weighted by Crippen LogP contribution is 2.47. The quantitative estimate of drug-likeness (QED) is 0.270. The summed E-state index contributed by atoms with van der Waals surface area (Å²) >= 11 is 0. The maximum Gasteiger partial charge on any atom is -0.0234 e. The summed E-state index contributed by atoms with van der Waals surface area (Å²) in [6.45, 7) is 0. The average molecular weight is 427 g/mol. The van der Waals surface area contributed by atoms with Gasteiger partial charge in [-0.15, -0.1) is 17.2 Å². The molecule has 3 heteroatoms. The fourth-order valence-corrected chi connectivity index (χ4v) is 9.40. The van der Waals surface area contributed by atoms with E-state index >= 15 is 0 Å². The third-order valence-corrected chi connectivity index (χ3v) is 10.9. The van der Waals surface area contributed by atoms with Gasteiger partial charge in [-0.05, 0) is 99.7 Å². The van der Waals surface area contributed by atoms with E-state index in [0.717, 1.165) is 0 Å². The van der Waals surface area contributed by atoms with Gasteiger partial charge in [-0.1, -0.05) is 50.0 Å². The summed E-state index contributed by atoms with van der Waals surface area (Å²) in [4.78, 5) is 0. The van der Waals surface area contributed by atoms with Gasteiger partial charge in [-0.3, -0.25) is 0 Å². The molecule has 5 aliphatic rings. The summed E-state index contributed by atoms with van der Waals surface area (Å²) in [6, 6.07) is 0. The molecular weight excluding hydrogens is 381 g/mol. The van der Waals surface area contributed by atoms with E-state index in [-0.39, 0.29) is 9.90 Å². The molecule has 0 N–H and O–H groups in total. The highest BCUT2D eigenvalue weighted by Gasteiger charge is 2.26. The molecule has 5 rings (SSSR count). The van der Waals surface area contributed by atoms with Gasteiger partial charge in [0.15, 0.2) is 0 Å². The molecule has 1 aliphatic carbocycles. The molecule has 3 unspecified atom stereocenters. The van der Waals surface area contributed by atoms with Crippen LogP contribution in [0.4, 0.5) is 0 Å². The molecule has 0 aromatic carbocycles. The highest BCUT2D eigenvalue weighted by molar-refractivity contribution is 7.40. The van der Waals surface area contributed by atoms with Crippen molar-refractivity contribution in [1.29, 1.82) is 0 Å². The van der Waals surface area contributed by atoms with Gasteiger partial charge < -0.3 is 0 Å². The van der Waals surface area contributed by atoms with Crippen molar-refractivity contribution in [2.24, 2.45) is 0 Å². The van der Waals surface area contributed by atoms with Crippen molar-refractivity contribution in [2.75, 3.05) is 0 Å². The molecular formula is C24H45P3. The third-order valence-electron chi connectivity index (χ3n) is 6.71. The van der Waals surface area contributed by atoms with Gasteiger partial charge in [0.2, 0.25) is 0 Å². The van der Waals surface area contributed by atoms with Gasteiger partial charge in [0.05, 0.1) is 0 Å². The molecule has 4 saturated heterocycles. The van der Waals surface area contributed by atoms with Gasteiger partial charge in [0.1, 0.15) is 0 Å². The number of hydrogen-bond donors (Lipinski definition) is 0. The highest BCUT2D eigenvalue weighted by atomic mass is 31.1. The molecule has 0 aromatic heterocycles. The summed E-state index contributed by atoms with van der Waals surface area (Å²) in [6.07, 6.45) is 32.7. The van der Waals surface area contributed by atoms with Crippen LogP contribution in [0.5, 0.6) is 0 Å². The predicted molar refractivity (Wildman–Crippen MR) is 135 cm³/mol. The molecule has 27 heavy (non-hydrogen) atoms. The molecule has 4 bridgehead atoms. The van der Waals surface area contributed by atoms with Gasteiger partial charge in [-0.25, -0.2) is 0 Å². The molecule has 0 nitrogen and oxygen atoms in total. The van der Waals surface area contributed by atoms with Crippen LogP contribution in [0.15, 0.2) is 24.3 Å². The average Bonchev–Trinajstić information content (AvgIpc) is 2.93. The summed E-state index contributed by atoms with van der Waals surface area (Å²) in [7, 11) is 2.71. The minimum Gasteiger partial charge on any atom is -0.153 e. The van der Waals surface area contributed by atoms with E-state index < -0.39 is 0 Å². The first kappa shape index (κ1) is 24.0. The fourth-order valence-electron chi connectivity index (χ4n) is 5.17. The largest absolute Gasteiger partial charge is 0.153 e. The first-order chi connectivity index (χ1) is 12.9. The Bertz CT molecular complexity index is 366. The Kier molecular flexibility index (Phi) is 13.1. The number of fused-ring (bicyclic) bond motifs is 4. The van der Waals surface area contributed by atoms with E-state index in [2.05, 4.69) is 24.3 Å². The van der Waals surface area contributed by atoms with E-state index in [1.807, 2.05) is 0 Å². The molecule has 0 spiro atoms. The number of rotatable bonds is 0. The summed E-state index contributed by atoms with van der Waals surface area (Å²) in [5.74, 6) is 0. The predicted octanol–water partition coefficient (Wildman–Crippen LogP) is 8.27. The van der Waals surface area contributed by atoms with E-state index in [4.69, 9.17) is 0 Å². The zero-order valence-corrected chi connectivity index (χ0v) is 21.1. The molecule has 0 amide bonds. The van der Waals surface area contributed by atoms with E-state index in [9.17, 15) is 0 Å². The lowest BCUT2D eigenvalue weighted by molar-refractivity contribution is 0.483. The van der Waals surface area contributed by atoms with Crippen molar-refractivity contribution in [1.82, 2.24) is 0 Å². The lowest BCUT2D eigenvalue weighted by Crippen LogP contribution is -2.20. The second-order valence-corrected chi connectivity index (χ2v) is 12.9. The Hall–Kier alpha value is 0.770. The molecule has 3 atom stereocenters. The second kappa shape index (κ2) is 14.7. The standard InChI is InChI=1S/2C8H15P.C8H12.H3P/c1-3-7-5-2-6-8(4-1)9-7;1-2-4-8-6-5-7(3-1)9-8;1-2-4-6-8-7-5-3-1;/h2*7-9H,1-6H2;1-2,7-8H,3-6H2;1H3/b;;2-1-,8-7?;. The Morgan fingerprint density at radius 3 is 1.07 bits per heavy atom. The zero-order chi connectivity index (χ0) is 17.9. The van der Waals surface area contributed by atoms with Gasteiger partial charge in [0, 0.05) is 0 Å². The van der Waals surface area contributed by atoms with Crippen molar-refractivity contribution < 1.29 is 0 Å². The van der Waals surface area contributed by atoms with Gasteiger partial charge in [0.25, 0.3) is 0 Å². The fraction of sp³-hybridized carbons (Fsp3) is 0.833. The van der Waals surface area contributed by atoms with Crippen molar-refractivity contribution >= 4 is 27.1 Å². The Morgan fingerprint density at radius 2 is 0.704 bits per heavy atom. The molecule has 0 radical (unpaired) electrons. The Balaban J connectivity index is 0.000000143. The second-order valence-electron chi connectivity index (χ2n) is 8.94.